The van der Waals surface area contributed by atoms with Crippen molar-refractivity contribution in [2.24, 2.45) is 7.05 Å². The molecule has 0 unspecified atom stereocenters. The number of hydrogen-bond acceptors (Lipinski definition) is 3. The number of carbonyl (C=O) groups is 2. The highest BCUT2D eigenvalue weighted by Crippen LogP contribution is 2.15. The smallest absolute Gasteiger partial charge is 0.270 e. The monoisotopic (exact) mass is 322 g/mol. The Hall–Kier alpha value is -1.97. The molecule has 1 aromatic heterocycles. The van der Waals surface area contributed by atoms with E-state index in [0.717, 1.165) is 0 Å². The summed E-state index contributed by atoms with van der Waals surface area (Å²) in [6.07, 6.45) is 6.81. The van der Waals surface area contributed by atoms with E-state index < -0.39 is 0 Å². The second-order valence-corrected chi connectivity index (χ2v) is 5.64. The van der Waals surface area contributed by atoms with E-state index >= 15 is 0 Å². The Kier molecular flexibility index (Phi) is 5.47. The number of terminal acetylenes is 1. The minimum atomic E-state index is -0.0908. The van der Waals surface area contributed by atoms with Gasteiger partial charge in [-0.25, -0.2) is 0 Å². The van der Waals surface area contributed by atoms with E-state index in [1.54, 1.807) is 28.8 Å². The van der Waals surface area contributed by atoms with Crippen LogP contribution in [0.15, 0.2) is 12.3 Å². The molecule has 6 nitrogen and oxygen atoms in total. The molecule has 0 spiro atoms. The zero-order valence-corrected chi connectivity index (χ0v) is 13.3. The van der Waals surface area contributed by atoms with Crippen molar-refractivity contribution in [3.63, 3.8) is 0 Å². The molecule has 22 heavy (non-hydrogen) atoms. The maximum atomic E-state index is 12.4. The number of nitrogens with zero attached hydrogens (tertiary/aromatic N) is 3. The van der Waals surface area contributed by atoms with Crippen molar-refractivity contribution in [1.82, 2.24) is 19.7 Å². The van der Waals surface area contributed by atoms with Gasteiger partial charge in [-0.1, -0.05) is 17.5 Å². The molecule has 2 heterocycles. The number of nitrogens with one attached hydrogen (secondary N) is 1. The number of piperazine rings is 1. The van der Waals surface area contributed by atoms with Gasteiger partial charge in [0, 0.05) is 39.4 Å². The summed E-state index contributed by atoms with van der Waals surface area (Å²) in [5.74, 6) is 2.24. The molecule has 1 aliphatic rings. The minimum absolute atomic E-state index is 0.0363. The topological polar surface area (TPSA) is 57.6 Å². The lowest BCUT2D eigenvalue weighted by molar-refractivity contribution is -0.122. The largest absolute Gasteiger partial charge is 0.345 e. The Balaban J connectivity index is 1.84. The molecule has 0 bridgehead atoms. The van der Waals surface area contributed by atoms with Crippen molar-refractivity contribution in [2.45, 2.75) is 0 Å². The average molecular weight is 323 g/mol. The Morgan fingerprint density at radius 2 is 2.05 bits per heavy atom. The van der Waals surface area contributed by atoms with Crippen LogP contribution < -0.4 is 5.32 Å². The SMILES string of the molecule is C#CCNC(=O)CN1CCN(C(=O)c2cc(Cl)cn2C)CC1. The van der Waals surface area contributed by atoms with Crippen molar-refractivity contribution < 1.29 is 9.59 Å². The van der Waals surface area contributed by atoms with Gasteiger partial charge in [-0.2, -0.15) is 0 Å². The Morgan fingerprint density at radius 3 is 2.59 bits per heavy atom. The molecule has 0 aliphatic carbocycles. The summed E-state index contributed by atoms with van der Waals surface area (Å²) in [5.41, 5.74) is 0.574. The summed E-state index contributed by atoms with van der Waals surface area (Å²) in [6, 6.07) is 1.67. The lowest BCUT2D eigenvalue weighted by Crippen LogP contribution is -2.51. The van der Waals surface area contributed by atoms with E-state index in [0.29, 0.717) is 43.4 Å². The van der Waals surface area contributed by atoms with Crippen molar-refractivity contribution in [2.75, 3.05) is 39.3 Å². The molecule has 118 valence electrons. The summed E-state index contributed by atoms with van der Waals surface area (Å²) in [4.78, 5) is 27.8. The summed E-state index contributed by atoms with van der Waals surface area (Å²) in [6.45, 7) is 3.04. The molecule has 0 aromatic carbocycles. The van der Waals surface area contributed by atoms with Gasteiger partial charge in [0.25, 0.3) is 5.91 Å². The van der Waals surface area contributed by atoms with Crippen molar-refractivity contribution >= 4 is 23.4 Å². The second kappa shape index (κ2) is 7.34. The summed E-state index contributed by atoms with van der Waals surface area (Å²) >= 11 is 5.91. The summed E-state index contributed by atoms with van der Waals surface area (Å²) < 4.78 is 1.73. The van der Waals surface area contributed by atoms with Crippen LogP contribution in [0.2, 0.25) is 5.02 Å². The third-order valence-electron chi connectivity index (χ3n) is 3.61. The Labute approximate surface area is 135 Å². The molecule has 2 rings (SSSR count). The van der Waals surface area contributed by atoms with E-state index in [9.17, 15) is 9.59 Å². The van der Waals surface area contributed by atoms with Crippen LogP contribution in [0.1, 0.15) is 10.5 Å². The molecule has 1 fully saturated rings. The van der Waals surface area contributed by atoms with E-state index in [1.807, 2.05) is 4.90 Å². The lowest BCUT2D eigenvalue weighted by atomic mass is 10.2. The normalized spacial score (nSPS) is 15.4. The maximum absolute atomic E-state index is 12.4. The molecule has 1 aromatic rings. The van der Waals surface area contributed by atoms with Crippen LogP contribution in [-0.4, -0.2) is 65.4 Å². The molecule has 1 aliphatic heterocycles. The van der Waals surface area contributed by atoms with Gasteiger partial charge in [0.05, 0.1) is 18.1 Å². The van der Waals surface area contributed by atoms with Gasteiger partial charge < -0.3 is 14.8 Å². The number of amides is 2. The number of aromatic nitrogens is 1. The standard InChI is InChI=1S/C15H19ClN4O2/c1-3-4-17-14(21)11-19-5-7-20(8-6-19)15(22)13-9-12(16)10-18(13)2/h1,9-10H,4-8,11H2,2H3,(H,17,21). The first-order chi connectivity index (χ1) is 10.5. The highest BCUT2D eigenvalue weighted by molar-refractivity contribution is 6.31. The van der Waals surface area contributed by atoms with Crippen LogP contribution in [0.3, 0.4) is 0 Å². The van der Waals surface area contributed by atoms with Crippen molar-refractivity contribution in [3.05, 3.63) is 23.0 Å². The number of halogens is 1. The third-order valence-corrected chi connectivity index (χ3v) is 3.81. The lowest BCUT2D eigenvalue weighted by Gasteiger charge is -2.34. The summed E-state index contributed by atoms with van der Waals surface area (Å²) in [5, 5.41) is 3.19. The molecule has 7 heteroatoms. The van der Waals surface area contributed by atoms with E-state index in [-0.39, 0.29) is 18.4 Å². The third kappa shape index (κ3) is 4.03. The van der Waals surface area contributed by atoms with Gasteiger partial charge in [0.2, 0.25) is 5.91 Å². The quantitative estimate of drug-likeness (QED) is 0.805. The molecule has 0 saturated carbocycles. The van der Waals surface area contributed by atoms with Crippen LogP contribution in [0.5, 0.6) is 0 Å². The van der Waals surface area contributed by atoms with Crippen molar-refractivity contribution in [3.8, 4) is 12.3 Å². The average Bonchev–Trinajstić information content (AvgIpc) is 2.84. The Bertz CT molecular complexity index is 597. The Morgan fingerprint density at radius 1 is 1.36 bits per heavy atom. The zero-order valence-electron chi connectivity index (χ0n) is 12.5. The highest BCUT2D eigenvalue weighted by atomic mass is 35.5. The van der Waals surface area contributed by atoms with Gasteiger partial charge in [0.15, 0.2) is 0 Å². The first kappa shape index (κ1) is 16.4. The molecular weight excluding hydrogens is 304 g/mol. The first-order valence-electron chi connectivity index (χ1n) is 7.05. The minimum Gasteiger partial charge on any atom is -0.345 e. The van der Waals surface area contributed by atoms with E-state index in [4.69, 9.17) is 18.0 Å². The van der Waals surface area contributed by atoms with Crippen LogP contribution >= 0.6 is 11.6 Å². The van der Waals surface area contributed by atoms with Gasteiger partial charge in [-0.15, -0.1) is 6.42 Å². The van der Waals surface area contributed by atoms with Gasteiger partial charge in [-0.05, 0) is 6.07 Å². The maximum Gasteiger partial charge on any atom is 0.270 e. The fourth-order valence-electron chi connectivity index (χ4n) is 2.42. The molecule has 1 saturated heterocycles. The predicted molar refractivity (Wildman–Crippen MR) is 84.6 cm³/mol. The molecule has 0 radical (unpaired) electrons. The summed E-state index contributed by atoms with van der Waals surface area (Å²) in [7, 11) is 1.80. The molecule has 0 atom stereocenters. The van der Waals surface area contributed by atoms with Crippen LogP contribution in [0, 0.1) is 12.3 Å². The first-order valence-corrected chi connectivity index (χ1v) is 7.42. The van der Waals surface area contributed by atoms with Crippen LogP contribution in [-0.2, 0) is 11.8 Å². The number of hydrogen-bond donors (Lipinski definition) is 1. The number of rotatable bonds is 4. The fraction of sp³-hybridized carbons (Fsp3) is 0.467. The van der Waals surface area contributed by atoms with Gasteiger partial charge in [-0.3, -0.25) is 14.5 Å². The van der Waals surface area contributed by atoms with Crippen molar-refractivity contribution in [1.29, 1.82) is 0 Å². The van der Waals surface area contributed by atoms with E-state index in [1.165, 1.54) is 0 Å². The van der Waals surface area contributed by atoms with Crippen LogP contribution in [0.25, 0.3) is 0 Å². The van der Waals surface area contributed by atoms with E-state index in [2.05, 4.69) is 11.2 Å². The highest BCUT2D eigenvalue weighted by Gasteiger charge is 2.24. The number of carbonyl (C=O) groups excluding carboxylic acids is 2. The second-order valence-electron chi connectivity index (χ2n) is 5.20. The molecular formula is C15H19ClN4O2. The predicted octanol–water partition coefficient (Wildman–Crippen LogP) is 0.186. The fourth-order valence-corrected chi connectivity index (χ4v) is 2.67. The molecule has 2 amide bonds. The molecule has 1 N–H and O–H groups in total. The zero-order chi connectivity index (χ0) is 16.1. The van der Waals surface area contributed by atoms with Gasteiger partial charge in [0.1, 0.15) is 5.69 Å². The van der Waals surface area contributed by atoms with Crippen LogP contribution in [0.4, 0.5) is 0 Å². The number of aryl methyl sites for hydroxylation is 1. The van der Waals surface area contributed by atoms with Gasteiger partial charge >= 0.3 is 0 Å².